The molecule has 0 aliphatic rings. The van der Waals surface area contributed by atoms with Crippen molar-refractivity contribution in [2.75, 3.05) is 0 Å². The van der Waals surface area contributed by atoms with Gasteiger partial charge in [-0.2, -0.15) is 0 Å². The minimum absolute atomic E-state index is 1.09. The summed E-state index contributed by atoms with van der Waals surface area (Å²) in [5, 5.41) is 12.0. The monoisotopic (exact) mass is 296 g/mol. The average Bonchev–Trinajstić information content (AvgIpc) is 1.87. The quantitative estimate of drug-likeness (QED) is 0.410. The van der Waals surface area contributed by atoms with Crippen LogP contribution >= 0.6 is 69.6 Å². The second-order valence-electron chi connectivity index (χ2n) is 1.32. The van der Waals surface area contributed by atoms with Gasteiger partial charge in [0.05, 0.1) is 0 Å². The molecule has 3 nitrogen and oxygen atoms in total. The number of hydrogen-bond acceptors (Lipinski definition) is 3. The van der Waals surface area contributed by atoms with Crippen molar-refractivity contribution in [1.82, 2.24) is 0 Å². The van der Waals surface area contributed by atoms with Crippen molar-refractivity contribution in [3.63, 3.8) is 0 Å². The first kappa shape index (κ1) is 15.8. The van der Waals surface area contributed by atoms with E-state index in [2.05, 4.69) is 0 Å². The summed E-state index contributed by atoms with van der Waals surface area (Å²) < 4.78 is -4.35. The smallest absolute Gasteiger partial charge is 0.253 e. The molecule has 0 aromatic heterocycles. The molecule has 0 atom stereocenters. The summed E-state index contributed by atoms with van der Waals surface area (Å²) in [7, 11) is 0. The molecule has 9 heteroatoms. The molecule has 74 valence electrons. The molecule has 0 aromatic rings. The van der Waals surface area contributed by atoms with Gasteiger partial charge in [-0.15, -0.1) is 0 Å². The van der Waals surface area contributed by atoms with E-state index in [1.165, 1.54) is 0 Å². The second kappa shape index (κ2) is 5.94. The Morgan fingerprint density at radius 3 is 1.00 bits per heavy atom. The zero-order valence-corrected chi connectivity index (χ0v) is 9.61. The van der Waals surface area contributed by atoms with Crippen molar-refractivity contribution in [1.29, 1.82) is 0 Å². The van der Waals surface area contributed by atoms with E-state index >= 15 is 0 Å². The standard InChI is InChI=1S/C3Cl6O.H2O2/c4-2(5,6)1(10)3(7,8)9;1-2/h;1-2H. The second-order valence-corrected chi connectivity index (χ2v) is 5.89. The summed E-state index contributed by atoms with van der Waals surface area (Å²) in [6.45, 7) is 0. The topological polar surface area (TPSA) is 57.5 Å². The maximum absolute atomic E-state index is 10.7. The van der Waals surface area contributed by atoms with Gasteiger partial charge in [0, 0.05) is 0 Å². The Morgan fingerprint density at radius 1 is 0.833 bits per heavy atom. The van der Waals surface area contributed by atoms with Gasteiger partial charge in [-0.05, 0) is 0 Å². The van der Waals surface area contributed by atoms with Crippen LogP contribution in [0.4, 0.5) is 0 Å². The Balaban J connectivity index is 0. The van der Waals surface area contributed by atoms with E-state index in [0.717, 1.165) is 0 Å². The molecule has 0 fully saturated rings. The summed E-state index contributed by atoms with van der Waals surface area (Å²) in [5.41, 5.74) is 0. The highest BCUT2D eigenvalue weighted by Crippen LogP contribution is 2.39. The summed E-state index contributed by atoms with van der Waals surface area (Å²) in [5.74, 6) is -1.09. The fraction of sp³-hybridized carbons (Fsp3) is 0.667. The summed E-state index contributed by atoms with van der Waals surface area (Å²) in [4.78, 5) is 10.7. The lowest BCUT2D eigenvalue weighted by Gasteiger charge is -2.14. The van der Waals surface area contributed by atoms with E-state index in [9.17, 15) is 4.79 Å². The van der Waals surface area contributed by atoms with Gasteiger partial charge in [0.2, 0.25) is 5.78 Å². The number of hydrogen-bond donors (Lipinski definition) is 2. The van der Waals surface area contributed by atoms with E-state index in [1.54, 1.807) is 0 Å². The van der Waals surface area contributed by atoms with Gasteiger partial charge in [0.1, 0.15) is 0 Å². The van der Waals surface area contributed by atoms with Crippen LogP contribution in [0.1, 0.15) is 0 Å². The maximum Gasteiger partial charge on any atom is 0.253 e. The number of carbonyl (C=O) groups is 1. The molecule has 0 aromatic carbocycles. The Hall–Kier alpha value is 1.33. The van der Waals surface area contributed by atoms with Crippen LogP contribution in [-0.2, 0) is 4.79 Å². The predicted molar refractivity (Wildman–Crippen MR) is 50.8 cm³/mol. The molecule has 0 bridgehead atoms. The van der Waals surface area contributed by atoms with Gasteiger partial charge in [-0.25, -0.2) is 0 Å². The maximum atomic E-state index is 10.7. The molecule has 0 spiro atoms. The lowest BCUT2D eigenvalue weighted by Crippen LogP contribution is -2.31. The highest BCUT2D eigenvalue weighted by molar-refractivity contribution is 6.86. The molecule has 2 N–H and O–H groups in total. The highest BCUT2D eigenvalue weighted by Gasteiger charge is 2.44. The molecule has 0 amide bonds. The normalized spacial score (nSPS) is 11.7. The number of alkyl halides is 6. The Morgan fingerprint density at radius 2 is 1.00 bits per heavy atom. The van der Waals surface area contributed by atoms with Gasteiger partial charge in [0.15, 0.2) is 0 Å². The fourth-order valence-electron chi connectivity index (χ4n) is 0.161. The van der Waals surface area contributed by atoms with Crippen molar-refractivity contribution in [3.8, 4) is 0 Å². The third kappa shape index (κ3) is 6.80. The Kier molecular flexibility index (Phi) is 7.81. The van der Waals surface area contributed by atoms with Crippen LogP contribution in [0.25, 0.3) is 0 Å². The summed E-state index contributed by atoms with van der Waals surface area (Å²) in [6, 6.07) is 0. The third-order valence-corrected chi connectivity index (χ3v) is 1.54. The van der Waals surface area contributed by atoms with Crippen LogP contribution < -0.4 is 0 Å². The first-order chi connectivity index (χ1) is 5.15. The van der Waals surface area contributed by atoms with Crippen molar-refractivity contribution in [3.05, 3.63) is 0 Å². The molecule has 0 aliphatic heterocycles. The van der Waals surface area contributed by atoms with E-state index in [1.807, 2.05) is 0 Å². The van der Waals surface area contributed by atoms with Crippen molar-refractivity contribution in [2.45, 2.75) is 7.59 Å². The zero-order chi connectivity index (χ0) is 10.6. The van der Waals surface area contributed by atoms with E-state index in [0.29, 0.717) is 0 Å². The minimum atomic E-state index is -2.18. The van der Waals surface area contributed by atoms with Gasteiger partial charge in [-0.1, -0.05) is 69.6 Å². The molecular formula is C3H2Cl6O3. The minimum Gasteiger partial charge on any atom is -0.290 e. The largest absolute Gasteiger partial charge is 0.290 e. The van der Waals surface area contributed by atoms with Gasteiger partial charge in [-0.3, -0.25) is 15.3 Å². The highest BCUT2D eigenvalue weighted by atomic mass is 35.6. The Bertz CT molecular complexity index is 129. The van der Waals surface area contributed by atoms with E-state index in [4.69, 9.17) is 80.1 Å². The van der Waals surface area contributed by atoms with Gasteiger partial charge in [0.25, 0.3) is 7.59 Å². The van der Waals surface area contributed by atoms with Crippen LogP contribution in [0.5, 0.6) is 0 Å². The summed E-state index contributed by atoms with van der Waals surface area (Å²) >= 11 is 30.6. The van der Waals surface area contributed by atoms with Crippen LogP contribution in [0.2, 0.25) is 0 Å². The molecule has 0 unspecified atom stereocenters. The lowest BCUT2D eigenvalue weighted by molar-refractivity contribution is -0.176. The number of carbonyl (C=O) groups excluding carboxylic acids is 1. The molecule has 0 aliphatic carbocycles. The van der Waals surface area contributed by atoms with E-state index in [-0.39, 0.29) is 0 Å². The number of ketones is 1. The average molecular weight is 299 g/mol. The van der Waals surface area contributed by atoms with Crippen LogP contribution in [0, 0.1) is 0 Å². The number of halogens is 6. The summed E-state index contributed by atoms with van der Waals surface area (Å²) in [6.07, 6.45) is 0. The molecule has 0 radical (unpaired) electrons. The van der Waals surface area contributed by atoms with Gasteiger partial charge < -0.3 is 0 Å². The van der Waals surface area contributed by atoms with Crippen molar-refractivity contribution in [2.24, 2.45) is 0 Å². The predicted octanol–water partition coefficient (Wildman–Crippen LogP) is 3.31. The number of Topliss-reactive ketones (excluding diaryl/α,β-unsaturated/α-hetero) is 1. The van der Waals surface area contributed by atoms with Gasteiger partial charge >= 0.3 is 0 Å². The fourth-order valence-corrected chi connectivity index (χ4v) is 1.45. The van der Waals surface area contributed by atoms with Crippen molar-refractivity contribution < 1.29 is 15.3 Å². The number of rotatable bonds is 0. The molecule has 0 saturated carbocycles. The third-order valence-electron chi connectivity index (χ3n) is 0.515. The lowest BCUT2D eigenvalue weighted by atomic mass is 10.5. The first-order valence-corrected chi connectivity index (χ1v) is 4.31. The molecular weight excluding hydrogens is 297 g/mol. The SMILES string of the molecule is O=C(C(Cl)(Cl)Cl)C(Cl)(Cl)Cl.OO. The first-order valence-electron chi connectivity index (χ1n) is 2.04. The zero-order valence-electron chi connectivity index (χ0n) is 5.07. The molecule has 12 heavy (non-hydrogen) atoms. The molecule has 0 rings (SSSR count). The molecule has 0 saturated heterocycles. The Labute approximate surface area is 98.0 Å². The van der Waals surface area contributed by atoms with Crippen LogP contribution in [-0.4, -0.2) is 23.9 Å². The van der Waals surface area contributed by atoms with E-state index < -0.39 is 13.4 Å². The van der Waals surface area contributed by atoms with Crippen LogP contribution in [0.15, 0.2) is 0 Å². The molecule has 0 heterocycles. The van der Waals surface area contributed by atoms with Crippen LogP contribution in [0.3, 0.4) is 0 Å². The van der Waals surface area contributed by atoms with Crippen molar-refractivity contribution >= 4 is 75.4 Å².